The molecule has 0 aliphatic heterocycles. The van der Waals surface area contributed by atoms with Crippen LogP contribution in [0.15, 0.2) is 72.8 Å². The summed E-state index contributed by atoms with van der Waals surface area (Å²) in [5, 5.41) is 19.8. The standard InChI is InChI=1S/C44H54N12O8/c1-57-31-13-9-27(19-35(31)61-5)23-47-41-51-39(52-42(55-41)48-24-28-10-14-32(58-2)36(20-28)62-6)45-17-18-46-40-53-43(49-25-29-11-15-33(59-3)37(21-29)63-7)56-44(54-40)50-26-30-12-16-34(60-4)38(22-30)64-8/h9-16,19-22H,17-18,23-26H2,1-8H3,(H3,45,47,48,51,52,55)(H3,46,49,50,53,54,56). The number of methoxy groups -OCH3 is 8. The zero-order valence-electron chi connectivity index (χ0n) is 37.1. The molecule has 20 nitrogen and oxygen atoms in total. The van der Waals surface area contributed by atoms with Crippen LogP contribution in [0.5, 0.6) is 46.0 Å². The molecule has 0 saturated carbocycles. The van der Waals surface area contributed by atoms with E-state index in [4.69, 9.17) is 37.9 Å². The molecule has 6 rings (SSSR count). The van der Waals surface area contributed by atoms with Crippen molar-refractivity contribution in [2.24, 2.45) is 0 Å². The molecule has 2 aromatic heterocycles. The molecule has 6 N–H and O–H groups in total. The van der Waals surface area contributed by atoms with E-state index in [1.54, 1.807) is 56.9 Å². The first-order valence-electron chi connectivity index (χ1n) is 20.1. The zero-order chi connectivity index (χ0) is 45.3. The van der Waals surface area contributed by atoms with Gasteiger partial charge in [-0.15, -0.1) is 0 Å². The van der Waals surface area contributed by atoms with Crippen LogP contribution in [0.3, 0.4) is 0 Å². The van der Waals surface area contributed by atoms with Gasteiger partial charge in [-0.25, -0.2) is 0 Å². The fourth-order valence-electron chi connectivity index (χ4n) is 6.26. The van der Waals surface area contributed by atoms with Crippen molar-refractivity contribution in [3.8, 4) is 46.0 Å². The molecule has 0 radical (unpaired) electrons. The lowest BCUT2D eigenvalue weighted by Crippen LogP contribution is -2.19. The number of anilines is 6. The summed E-state index contributed by atoms with van der Waals surface area (Å²) in [6.45, 7) is 2.41. The van der Waals surface area contributed by atoms with Crippen LogP contribution in [0.2, 0.25) is 0 Å². The second kappa shape index (κ2) is 22.8. The van der Waals surface area contributed by atoms with E-state index in [1.165, 1.54) is 0 Å². The summed E-state index contributed by atoms with van der Waals surface area (Å²) in [6, 6.07) is 22.7. The summed E-state index contributed by atoms with van der Waals surface area (Å²) in [5.74, 6) is 7.07. The second-order valence-electron chi connectivity index (χ2n) is 13.6. The van der Waals surface area contributed by atoms with Gasteiger partial charge in [0.2, 0.25) is 35.7 Å². The fourth-order valence-corrected chi connectivity index (χ4v) is 6.26. The molecule has 6 aromatic rings. The first kappa shape index (κ1) is 45.6. The summed E-state index contributed by atoms with van der Waals surface area (Å²) in [7, 11) is 12.8. The Kier molecular flexibility index (Phi) is 16.3. The van der Waals surface area contributed by atoms with E-state index in [9.17, 15) is 0 Å². The van der Waals surface area contributed by atoms with Crippen molar-refractivity contribution in [1.82, 2.24) is 29.9 Å². The molecule has 0 aliphatic carbocycles. The maximum atomic E-state index is 5.49. The van der Waals surface area contributed by atoms with E-state index >= 15 is 0 Å². The number of rotatable bonds is 25. The van der Waals surface area contributed by atoms with Crippen molar-refractivity contribution >= 4 is 35.7 Å². The van der Waals surface area contributed by atoms with Gasteiger partial charge in [0.1, 0.15) is 0 Å². The Bertz CT molecular complexity index is 2140. The summed E-state index contributed by atoms with van der Waals surface area (Å²) in [4.78, 5) is 27.9. The van der Waals surface area contributed by atoms with Crippen molar-refractivity contribution < 1.29 is 37.9 Å². The molecule has 20 heteroatoms. The number of hydrogen-bond donors (Lipinski definition) is 6. The number of benzene rings is 4. The Morgan fingerprint density at radius 2 is 0.484 bits per heavy atom. The molecule has 64 heavy (non-hydrogen) atoms. The average molecular weight is 879 g/mol. The molecule has 0 amide bonds. The monoisotopic (exact) mass is 878 g/mol. The molecular weight excluding hydrogens is 825 g/mol. The fraction of sp³-hybridized carbons (Fsp3) is 0.318. The third-order valence-corrected chi connectivity index (χ3v) is 9.56. The summed E-state index contributed by atoms with van der Waals surface area (Å²) in [6.07, 6.45) is 0. The van der Waals surface area contributed by atoms with Crippen LogP contribution >= 0.6 is 0 Å². The number of nitrogens with one attached hydrogen (secondary N) is 6. The third-order valence-electron chi connectivity index (χ3n) is 9.56. The lowest BCUT2D eigenvalue weighted by atomic mass is 10.2. The molecule has 0 unspecified atom stereocenters. The normalized spacial score (nSPS) is 10.6. The second-order valence-corrected chi connectivity index (χ2v) is 13.6. The van der Waals surface area contributed by atoms with Gasteiger partial charge in [-0.3, -0.25) is 0 Å². The number of aromatic nitrogens is 6. The van der Waals surface area contributed by atoms with Gasteiger partial charge in [-0.2, -0.15) is 29.9 Å². The van der Waals surface area contributed by atoms with Crippen LogP contribution < -0.4 is 69.8 Å². The molecule has 0 atom stereocenters. The topological polar surface area (TPSA) is 223 Å². The highest BCUT2D eigenvalue weighted by molar-refractivity contribution is 5.50. The van der Waals surface area contributed by atoms with Crippen molar-refractivity contribution in [3.05, 3.63) is 95.1 Å². The van der Waals surface area contributed by atoms with Gasteiger partial charge in [0, 0.05) is 39.3 Å². The van der Waals surface area contributed by atoms with Crippen molar-refractivity contribution in [3.63, 3.8) is 0 Å². The summed E-state index contributed by atoms with van der Waals surface area (Å²) in [5.41, 5.74) is 3.74. The van der Waals surface area contributed by atoms with Gasteiger partial charge in [0.25, 0.3) is 0 Å². The maximum absolute atomic E-state index is 5.49. The van der Waals surface area contributed by atoms with Gasteiger partial charge in [-0.05, 0) is 70.8 Å². The lowest BCUT2D eigenvalue weighted by Gasteiger charge is -2.14. The Morgan fingerprint density at radius 3 is 0.688 bits per heavy atom. The van der Waals surface area contributed by atoms with E-state index in [1.807, 2.05) is 72.8 Å². The van der Waals surface area contributed by atoms with Crippen LogP contribution in [0, 0.1) is 0 Å². The predicted octanol–water partition coefficient (Wildman–Crippen LogP) is 6.10. The highest BCUT2D eigenvalue weighted by Gasteiger charge is 2.13. The Hall–Kier alpha value is -7.90. The minimum Gasteiger partial charge on any atom is -0.493 e. The highest BCUT2D eigenvalue weighted by atomic mass is 16.5. The van der Waals surface area contributed by atoms with E-state index < -0.39 is 0 Å². The lowest BCUT2D eigenvalue weighted by molar-refractivity contribution is 0.354. The zero-order valence-corrected chi connectivity index (χ0v) is 37.1. The van der Waals surface area contributed by atoms with Crippen molar-refractivity contribution in [1.29, 1.82) is 0 Å². The van der Waals surface area contributed by atoms with Crippen molar-refractivity contribution in [2.75, 3.05) is 102 Å². The number of hydrogen-bond acceptors (Lipinski definition) is 20. The highest BCUT2D eigenvalue weighted by Crippen LogP contribution is 2.31. The number of nitrogens with zero attached hydrogens (tertiary/aromatic N) is 6. The van der Waals surface area contributed by atoms with E-state index in [2.05, 4.69) is 61.8 Å². The third kappa shape index (κ3) is 12.4. The first-order valence-corrected chi connectivity index (χ1v) is 20.1. The van der Waals surface area contributed by atoms with Gasteiger partial charge < -0.3 is 69.8 Å². The van der Waals surface area contributed by atoms with Gasteiger partial charge in [0.05, 0.1) is 56.9 Å². The van der Waals surface area contributed by atoms with E-state index in [-0.39, 0.29) is 0 Å². The largest absolute Gasteiger partial charge is 0.493 e. The SMILES string of the molecule is COc1ccc(CNc2nc(NCCNc3nc(NCc4ccc(OC)c(OC)c4)nc(NCc4ccc(OC)c(OC)c4)n3)nc(NCc3ccc(OC)c(OC)c3)n2)cc1OC. The summed E-state index contributed by atoms with van der Waals surface area (Å²) < 4.78 is 43.6. The Balaban J connectivity index is 1.17. The van der Waals surface area contributed by atoms with Crippen LogP contribution in [-0.4, -0.2) is 99.9 Å². The van der Waals surface area contributed by atoms with Crippen LogP contribution in [-0.2, 0) is 26.2 Å². The molecule has 0 bridgehead atoms. The molecule has 0 aliphatic rings. The van der Waals surface area contributed by atoms with Gasteiger partial charge >= 0.3 is 0 Å². The summed E-state index contributed by atoms with van der Waals surface area (Å²) >= 11 is 0. The molecule has 0 saturated heterocycles. The number of ether oxygens (including phenoxy) is 8. The molecule has 338 valence electrons. The minimum atomic E-state index is 0.339. The molecule has 0 fully saturated rings. The van der Waals surface area contributed by atoms with Gasteiger partial charge in [0.15, 0.2) is 46.0 Å². The maximum Gasteiger partial charge on any atom is 0.229 e. The average Bonchev–Trinajstić information content (AvgIpc) is 3.34. The van der Waals surface area contributed by atoms with Gasteiger partial charge in [-0.1, -0.05) is 24.3 Å². The molecule has 2 heterocycles. The first-order chi connectivity index (χ1) is 31.3. The Labute approximate surface area is 371 Å². The van der Waals surface area contributed by atoms with Crippen LogP contribution in [0.1, 0.15) is 22.3 Å². The quantitative estimate of drug-likeness (QED) is 0.0358. The predicted molar refractivity (Wildman–Crippen MR) is 244 cm³/mol. The van der Waals surface area contributed by atoms with Crippen LogP contribution in [0.4, 0.5) is 35.7 Å². The van der Waals surface area contributed by atoms with Crippen LogP contribution in [0.25, 0.3) is 0 Å². The Morgan fingerprint density at radius 1 is 0.281 bits per heavy atom. The van der Waals surface area contributed by atoms with E-state index in [0.29, 0.717) is 121 Å². The minimum absolute atomic E-state index is 0.339. The van der Waals surface area contributed by atoms with Crippen molar-refractivity contribution in [2.45, 2.75) is 26.2 Å². The van der Waals surface area contributed by atoms with E-state index in [0.717, 1.165) is 22.3 Å². The smallest absolute Gasteiger partial charge is 0.229 e. The molecular formula is C44H54N12O8. The molecule has 0 spiro atoms. The molecule has 4 aromatic carbocycles.